The summed E-state index contributed by atoms with van der Waals surface area (Å²) in [6.45, 7) is 4.97. The van der Waals surface area contributed by atoms with E-state index in [0.717, 1.165) is 27.8 Å². The molecule has 0 fully saturated rings. The van der Waals surface area contributed by atoms with E-state index in [-0.39, 0.29) is 12.2 Å². The molecule has 0 atom stereocenters. The van der Waals surface area contributed by atoms with Crippen LogP contribution in [0.4, 0.5) is 0 Å². The second kappa shape index (κ2) is 7.05. The Morgan fingerprint density at radius 2 is 2.24 bits per heavy atom. The molecule has 4 aromatic rings. The highest BCUT2D eigenvalue weighted by molar-refractivity contribution is 7.19. The number of thiophene rings is 1. The molecule has 3 aromatic heterocycles. The Morgan fingerprint density at radius 1 is 1.38 bits per heavy atom. The Balaban J connectivity index is 1.42. The molecule has 0 bridgehead atoms. The third-order valence-electron chi connectivity index (χ3n) is 4.82. The molecule has 29 heavy (non-hydrogen) atoms. The summed E-state index contributed by atoms with van der Waals surface area (Å²) in [7, 11) is 0. The fraction of sp³-hybridized carbons (Fsp3) is 0.300. The minimum absolute atomic E-state index is 0.158. The first-order valence-corrected chi connectivity index (χ1v) is 10.4. The van der Waals surface area contributed by atoms with E-state index in [1.165, 1.54) is 10.4 Å². The Kier molecular flexibility index (Phi) is 4.49. The van der Waals surface area contributed by atoms with Crippen molar-refractivity contribution >= 4 is 45.0 Å². The molecule has 0 saturated heterocycles. The van der Waals surface area contributed by atoms with Gasteiger partial charge in [0.05, 0.1) is 23.8 Å². The Labute approximate surface area is 175 Å². The van der Waals surface area contributed by atoms with Crippen LogP contribution in [-0.2, 0) is 29.2 Å². The molecule has 1 aromatic carbocycles. The maximum Gasteiger partial charge on any atom is 0.192 e. The van der Waals surface area contributed by atoms with Crippen molar-refractivity contribution in [1.29, 1.82) is 0 Å². The van der Waals surface area contributed by atoms with Crippen LogP contribution in [0.25, 0.3) is 15.9 Å². The van der Waals surface area contributed by atoms with Crippen molar-refractivity contribution in [3.8, 4) is 0 Å². The van der Waals surface area contributed by atoms with Gasteiger partial charge in [0.15, 0.2) is 18.1 Å². The van der Waals surface area contributed by atoms with Crippen molar-refractivity contribution in [2.75, 3.05) is 0 Å². The van der Waals surface area contributed by atoms with Crippen molar-refractivity contribution in [3.05, 3.63) is 57.4 Å². The lowest BCUT2D eigenvalue weighted by Gasteiger charge is -2.30. The smallest absolute Gasteiger partial charge is 0.192 e. The van der Waals surface area contributed by atoms with E-state index in [4.69, 9.17) is 21.2 Å². The van der Waals surface area contributed by atoms with Gasteiger partial charge >= 0.3 is 0 Å². The highest BCUT2D eigenvalue weighted by Crippen LogP contribution is 2.39. The lowest BCUT2D eigenvalue weighted by molar-refractivity contribution is -0.0379. The van der Waals surface area contributed by atoms with Gasteiger partial charge in [-0.1, -0.05) is 35.0 Å². The van der Waals surface area contributed by atoms with Gasteiger partial charge in [-0.05, 0) is 25.5 Å². The normalized spacial score (nSPS) is 16.0. The summed E-state index contributed by atoms with van der Waals surface area (Å²) in [5, 5.41) is 10.1. The molecule has 148 valence electrons. The van der Waals surface area contributed by atoms with Crippen LogP contribution in [0.2, 0.25) is 5.02 Å². The van der Waals surface area contributed by atoms with E-state index in [2.05, 4.69) is 34.1 Å². The maximum absolute atomic E-state index is 6.11. The molecule has 0 saturated carbocycles. The van der Waals surface area contributed by atoms with Gasteiger partial charge in [0, 0.05) is 21.9 Å². The summed E-state index contributed by atoms with van der Waals surface area (Å²) >= 11 is 7.77. The summed E-state index contributed by atoms with van der Waals surface area (Å²) in [4.78, 5) is 16.8. The Hall–Kier alpha value is -2.55. The SMILES string of the molecule is CC1(C)Cc2c(sc3ncn4nc(CO/N=C/c5ccccc5Cl)nc4c23)CO1. The Bertz CT molecular complexity index is 1250. The van der Waals surface area contributed by atoms with E-state index in [0.29, 0.717) is 17.5 Å². The fourth-order valence-electron chi connectivity index (χ4n) is 3.42. The van der Waals surface area contributed by atoms with Crippen LogP contribution in [0.15, 0.2) is 35.7 Å². The highest BCUT2D eigenvalue weighted by atomic mass is 35.5. The summed E-state index contributed by atoms with van der Waals surface area (Å²) in [5.74, 6) is 0.543. The molecule has 5 rings (SSSR count). The van der Waals surface area contributed by atoms with Crippen LogP contribution in [-0.4, -0.2) is 31.4 Å². The number of aromatic nitrogens is 4. The zero-order valence-corrected chi connectivity index (χ0v) is 17.5. The van der Waals surface area contributed by atoms with Crippen molar-refractivity contribution in [3.63, 3.8) is 0 Å². The molecular weight excluding hydrogens is 410 g/mol. The predicted octanol–water partition coefficient (Wildman–Crippen LogP) is 4.39. The molecule has 0 N–H and O–H groups in total. The number of oxime groups is 1. The predicted molar refractivity (Wildman–Crippen MR) is 113 cm³/mol. The van der Waals surface area contributed by atoms with Gasteiger partial charge in [0.25, 0.3) is 0 Å². The minimum Gasteiger partial charge on any atom is -0.387 e. The molecule has 0 aliphatic carbocycles. The van der Waals surface area contributed by atoms with E-state index in [1.807, 2.05) is 18.2 Å². The number of nitrogens with zero attached hydrogens (tertiary/aromatic N) is 5. The molecule has 0 amide bonds. The van der Waals surface area contributed by atoms with Crippen LogP contribution in [0.5, 0.6) is 0 Å². The quantitative estimate of drug-likeness (QED) is 0.356. The van der Waals surface area contributed by atoms with Crippen LogP contribution in [0, 0.1) is 0 Å². The van der Waals surface area contributed by atoms with Gasteiger partial charge in [-0.15, -0.1) is 16.4 Å². The van der Waals surface area contributed by atoms with Crippen LogP contribution < -0.4 is 0 Å². The summed E-state index contributed by atoms with van der Waals surface area (Å²) in [6, 6.07) is 7.43. The van der Waals surface area contributed by atoms with Crippen LogP contribution in [0.3, 0.4) is 0 Å². The van der Waals surface area contributed by atoms with Gasteiger partial charge in [-0.3, -0.25) is 0 Å². The van der Waals surface area contributed by atoms with Crippen LogP contribution in [0.1, 0.15) is 35.7 Å². The second-order valence-corrected chi connectivity index (χ2v) is 8.97. The number of hydrogen-bond donors (Lipinski definition) is 0. The van der Waals surface area contributed by atoms with Gasteiger partial charge in [0.2, 0.25) is 0 Å². The molecule has 7 nitrogen and oxygen atoms in total. The lowest BCUT2D eigenvalue weighted by Crippen LogP contribution is -2.31. The third-order valence-corrected chi connectivity index (χ3v) is 6.27. The van der Waals surface area contributed by atoms with E-state index in [1.54, 1.807) is 34.5 Å². The lowest BCUT2D eigenvalue weighted by atomic mass is 9.94. The second-order valence-electron chi connectivity index (χ2n) is 7.48. The third kappa shape index (κ3) is 3.48. The first-order chi connectivity index (χ1) is 14.0. The molecular formula is C20H18ClN5O2S. The maximum atomic E-state index is 6.11. The van der Waals surface area contributed by atoms with Gasteiger partial charge in [-0.25, -0.2) is 14.5 Å². The monoisotopic (exact) mass is 427 g/mol. The average molecular weight is 428 g/mol. The zero-order valence-electron chi connectivity index (χ0n) is 15.9. The zero-order chi connectivity index (χ0) is 20.0. The van der Waals surface area contributed by atoms with E-state index >= 15 is 0 Å². The van der Waals surface area contributed by atoms with E-state index < -0.39 is 0 Å². The molecule has 4 heterocycles. The number of ether oxygens (including phenoxy) is 1. The number of halogens is 1. The highest BCUT2D eigenvalue weighted by Gasteiger charge is 2.30. The standard InChI is InChI=1S/C20H18ClN5O2S/c1-20(2)7-13-15(9-27-20)29-19-17(13)18-24-16(25-26(18)11-22-19)10-28-23-8-12-5-3-4-6-14(12)21/h3-6,8,11H,7,9-10H2,1-2H3/b23-8+. The number of hydrogen-bond acceptors (Lipinski definition) is 7. The molecule has 1 aliphatic heterocycles. The minimum atomic E-state index is -0.201. The largest absolute Gasteiger partial charge is 0.387 e. The first-order valence-electron chi connectivity index (χ1n) is 9.18. The molecule has 0 radical (unpaired) electrons. The fourth-order valence-corrected chi connectivity index (χ4v) is 4.67. The molecule has 0 unspecified atom stereocenters. The van der Waals surface area contributed by atoms with Gasteiger partial charge in [-0.2, -0.15) is 0 Å². The number of benzene rings is 1. The first kappa shape index (κ1) is 18.5. The van der Waals surface area contributed by atoms with Gasteiger partial charge < -0.3 is 9.57 Å². The molecule has 1 aliphatic rings. The summed E-state index contributed by atoms with van der Waals surface area (Å²) < 4.78 is 7.65. The van der Waals surface area contributed by atoms with Crippen LogP contribution >= 0.6 is 22.9 Å². The van der Waals surface area contributed by atoms with Crippen molar-refractivity contribution in [1.82, 2.24) is 19.6 Å². The Morgan fingerprint density at radius 3 is 3.10 bits per heavy atom. The average Bonchev–Trinajstić information content (AvgIpc) is 3.26. The number of rotatable bonds is 4. The molecule has 9 heteroatoms. The van der Waals surface area contributed by atoms with E-state index in [9.17, 15) is 0 Å². The van der Waals surface area contributed by atoms with Crippen molar-refractivity contribution in [2.45, 2.75) is 39.1 Å². The molecule has 0 spiro atoms. The topological polar surface area (TPSA) is 73.9 Å². The van der Waals surface area contributed by atoms with Crippen molar-refractivity contribution in [2.24, 2.45) is 5.16 Å². The van der Waals surface area contributed by atoms with Crippen molar-refractivity contribution < 1.29 is 9.57 Å². The number of fused-ring (bicyclic) bond motifs is 5. The summed E-state index contributed by atoms with van der Waals surface area (Å²) in [6.07, 6.45) is 4.09. The summed E-state index contributed by atoms with van der Waals surface area (Å²) in [5.41, 5.74) is 2.64. The van der Waals surface area contributed by atoms with Gasteiger partial charge in [0.1, 0.15) is 11.2 Å².